The van der Waals surface area contributed by atoms with E-state index in [0.29, 0.717) is 19.4 Å². The van der Waals surface area contributed by atoms with Crippen LogP contribution in [0.5, 0.6) is 0 Å². The van der Waals surface area contributed by atoms with Gasteiger partial charge in [0.15, 0.2) is 17.3 Å². The number of anilines is 1. The van der Waals surface area contributed by atoms with Crippen LogP contribution in [0.2, 0.25) is 0 Å². The second-order valence-electron chi connectivity index (χ2n) is 9.08. The summed E-state index contributed by atoms with van der Waals surface area (Å²) in [6.45, 7) is 5.90. The minimum absolute atomic E-state index is 0.000766. The van der Waals surface area contributed by atoms with Crippen molar-refractivity contribution in [1.29, 1.82) is 5.26 Å². The molecule has 8 nitrogen and oxygen atoms in total. The van der Waals surface area contributed by atoms with E-state index >= 15 is 4.39 Å². The molecule has 38 heavy (non-hydrogen) atoms. The van der Waals surface area contributed by atoms with E-state index in [0.717, 1.165) is 33.4 Å². The zero-order chi connectivity index (χ0) is 27.1. The van der Waals surface area contributed by atoms with Crippen molar-refractivity contribution in [2.45, 2.75) is 44.9 Å². The van der Waals surface area contributed by atoms with Gasteiger partial charge in [-0.2, -0.15) is 10.2 Å². The molecule has 4 heterocycles. The van der Waals surface area contributed by atoms with Gasteiger partial charge in [-0.15, -0.1) is 5.10 Å². The highest BCUT2D eigenvalue weighted by atomic mass is 19.3. The molecule has 1 fully saturated rings. The van der Waals surface area contributed by atoms with Crippen molar-refractivity contribution in [3.8, 4) is 17.2 Å². The number of piperidine rings is 1. The minimum Gasteiger partial charge on any atom is -0.372 e. The van der Waals surface area contributed by atoms with Gasteiger partial charge < -0.3 is 14.8 Å². The molecule has 0 radical (unpaired) electrons. The highest BCUT2D eigenvalue weighted by Gasteiger charge is 2.31. The van der Waals surface area contributed by atoms with Gasteiger partial charge in [0.1, 0.15) is 23.3 Å². The molecule has 1 aromatic carbocycles. The third kappa shape index (κ3) is 4.51. The second kappa shape index (κ2) is 9.92. The van der Waals surface area contributed by atoms with Gasteiger partial charge in [0.25, 0.3) is 6.43 Å². The molecule has 0 spiro atoms. The number of imidazole rings is 1. The van der Waals surface area contributed by atoms with E-state index in [9.17, 15) is 22.8 Å². The molecule has 2 unspecified atom stereocenters. The van der Waals surface area contributed by atoms with E-state index in [-0.39, 0.29) is 45.9 Å². The Kier molecular flexibility index (Phi) is 6.64. The van der Waals surface area contributed by atoms with E-state index in [2.05, 4.69) is 27.0 Å². The summed E-state index contributed by atoms with van der Waals surface area (Å²) >= 11 is 0. The SMILES string of the molecule is C=C(CC)N1CCC(Nc2nc(C#N)c3c(-c4cc(F)c5ncn(CC(F)F)c5c4)c(F)cn3n2)C(F)C1. The quantitative estimate of drug-likeness (QED) is 0.342. The number of rotatable bonds is 7. The molecular weight excluding hydrogens is 507 g/mol. The first-order valence-corrected chi connectivity index (χ1v) is 11.9. The number of allylic oxidation sites excluding steroid dienone is 1. The summed E-state index contributed by atoms with van der Waals surface area (Å²) in [7, 11) is 0. The van der Waals surface area contributed by atoms with E-state index in [1.807, 2.05) is 17.9 Å². The number of aromatic nitrogens is 5. The fourth-order valence-corrected chi connectivity index (χ4v) is 4.77. The van der Waals surface area contributed by atoms with Crippen LogP contribution in [-0.2, 0) is 6.54 Å². The molecule has 1 saturated heterocycles. The van der Waals surface area contributed by atoms with Gasteiger partial charge in [-0.05, 0) is 30.5 Å². The van der Waals surface area contributed by atoms with Gasteiger partial charge in [-0.1, -0.05) is 13.5 Å². The molecule has 0 saturated carbocycles. The Hall–Kier alpha value is -4.21. The predicted molar refractivity (Wildman–Crippen MR) is 130 cm³/mol. The van der Waals surface area contributed by atoms with Crippen molar-refractivity contribution in [3.63, 3.8) is 0 Å². The number of hydrogen-bond donors (Lipinski definition) is 1. The topological polar surface area (TPSA) is 87.1 Å². The van der Waals surface area contributed by atoms with Crippen molar-refractivity contribution in [1.82, 2.24) is 29.0 Å². The van der Waals surface area contributed by atoms with Gasteiger partial charge in [-0.25, -0.2) is 31.5 Å². The number of nitrogens with one attached hydrogen (secondary N) is 1. The van der Waals surface area contributed by atoms with Crippen molar-refractivity contribution in [3.05, 3.63) is 54.3 Å². The molecule has 0 bridgehead atoms. The minimum atomic E-state index is -2.71. The maximum Gasteiger partial charge on any atom is 0.256 e. The van der Waals surface area contributed by atoms with E-state index < -0.39 is 36.8 Å². The van der Waals surface area contributed by atoms with Crippen LogP contribution >= 0.6 is 0 Å². The van der Waals surface area contributed by atoms with Crippen LogP contribution < -0.4 is 5.32 Å². The summed E-state index contributed by atoms with van der Waals surface area (Å²) in [5.74, 6) is -1.74. The molecule has 13 heteroatoms. The summed E-state index contributed by atoms with van der Waals surface area (Å²) in [4.78, 5) is 9.89. The van der Waals surface area contributed by atoms with Crippen LogP contribution in [0.25, 0.3) is 27.7 Å². The molecule has 1 aliphatic heterocycles. The molecule has 1 N–H and O–H groups in total. The number of alkyl halides is 3. The van der Waals surface area contributed by atoms with Gasteiger partial charge in [0.05, 0.1) is 37.2 Å². The third-order valence-corrected chi connectivity index (χ3v) is 6.70. The number of hydrogen-bond acceptors (Lipinski definition) is 6. The molecule has 4 aromatic rings. The lowest BCUT2D eigenvalue weighted by molar-refractivity contribution is 0.128. The van der Waals surface area contributed by atoms with Crippen LogP contribution in [-0.4, -0.2) is 60.8 Å². The summed E-state index contributed by atoms with van der Waals surface area (Å²) in [6.07, 6.45) is -0.750. The lowest BCUT2D eigenvalue weighted by Gasteiger charge is -2.37. The summed E-state index contributed by atoms with van der Waals surface area (Å²) in [5.41, 5.74) is 0.305. The molecule has 0 amide bonds. The molecule has 2 atom stereocenters. The standard InChI is InChI=1S/C25H23F5N8/c1-3-13(2)36-5-4-18(16(27)9-36)33-25-34-19(8-31)24-22(17(28)10-38(24)35-25)14-6-15(26)23-20(7-14)37(12-32-23)11-21(29)30/h6-7,10,12,16,18,21H,2-5,9,11H2,1H3,(H,33,35). The second-order valence-corrected chi connectivity index (χ2v) is 9.08. The maximum atomic E-state index is 15.2. The Morgan fingerprint density at radius 1 is 1.29 bits per heavy atom. The Morgan fingerprint density at radius 3 is 2.76 bits per heavy atom. The molecule has 3 aromatic heterocycles. The van der Waals surface area contributed by atoms with Crippen molar-refractivity contribution >= 4 is 22.5 Å². The van der Waals surface area contributed by atoms with Crippen molar-refractivity contribution < 1.29 is 22.0 Å². The van der Waals surface area contributed by atoms with Gasteiger partial charge in [0.2, 0.25) is 5.95 Å². The van der Waals surface area contributed by atoms with Crippen LogP contribution in [0, 0.1) is 23.0 Å². The van der Waals surface area contributed by atoms with Gasteiger partial charge in [-0.3, -0.25) is 0 Å². The lowest BCUT2D eigenvalue weighted by Crippen LogP contribution is -2.47. The van der Waals surface area contributed by atoms with E-state index in [4.69, 9.17) is 0 Å². The normalized spacial score (nSPS) is 17.9. The molecule has 1 aliphatic rings. The largest absolute Gasteiger partial charge is 0.372 e. The Morgan fingerprint density at radius 2 is 2.08 bits per heavy atom. The summed E-state index contributed by atoms with van der Waals surface area (Å²) in [5, 5.41) is 16.9. The Balaban J connectivity index is 1.52. The highest BCUT2D eigenvalue weighted by molar-refractivity contribution is 5.90. The van der Waals surface area contributed by atoms with Gasteiger partial charge in [0, 0.05) is 17.8 Å². The zero-order valence-electron chi connectivity index (χ0n) is 20.3. The number of nitrogens with zero attached hydrogens (tertiary/aromatic N) is 7. The molecule has 0 aliphatic carbocycles. The number of benzene rings is 1. The zero-order valence-corrected chi connectivity index (χ0v) is 20.3. The van der Waals surface area contributed by atoms with Crippen LogP contribution in [0.1, 0.15) is 25.5 Å². The average Bonchev–Trinajstić information content (AvgIpc) is 3.43. The number of fused-ring (bicyclic) bond motifs is 2. The smallest absolute Gasteiger partial charge is 0.256 e. The number of nitriles is 1. The average molecular weight is 531 g/mol. The number of likely N-dealkylation sites (tertiary alicyclic amines) is 1. The van der Waals surface area contributed by atoms with Crippen molar-refractivity contribution in [2.24, 2.45) is 0 Å². The van der Waals surface area contributed by atoms with Gasteiger partial charge >= 0.3 is 0 Å². The molecule has 5 rings (SSSR count). The van der Waals surface area contributed by atoms with Crippen LogP contribution in [0.4, 0.5) is 27.9 Å². The lowest BCUT2D eigenvalue weighted by atomic mass is 10.0. The predicted octanol–water partition coefficient (Wildman–Crippen LogP) is 4.91. The molecular formula is C25H23F5N8. The third-order valence-electron chi connectivity index (χ3n) is 6.70. The van der Waals surface area contributed by atoms with Crippen LogP contribution in [0.15, 0.2) is 36.9 Å². The number of halogens is 5. The fourth-order valence-electron chi connectivity index (χ4n) is 4.77. The first-order valence-electron chi connectivity index (χ1n) is 11.9. The first-order chi connectivity index (χ1) is 18.2. The summed E-state index contributed by atoms with van der Waals surface area (Å²) < 4.78 is 73.0. The maximum absolute atomic E-state index is 15.2. The van der Waals surface area contributed by atoms with E-state index in [1.165, 1.54) is 6.07 Å². The summed E-state index contributed by atoms with van der Waals surface area (Å²) in [6, 6.07) is 3.60. The Bertz CT molecular complexity index is 1570. The highest BCUT2D eigenvalue weighted by Crippen LogP contribution is 2.34. The Labute approximate surface area is 214 Å². The van der Waals surface area contributed by atoms with E-state index in [1.54, 1.807) is 0 Å². The monoisotopic (exact) mass is 530 g/mol. The molecule has 198 valence electrons. The fraction of sp³-hybridized carbons (Fsp3) is 0.360. The first kappa shape index (κ1) is 25.4. The van der Waals surface area contributed by atoms with Crippen molar-refractivity contribution in [2.75, 3.05) is 18.4 Å². The van der Waals surface area contributed by atoms with Crippen LogP contribution in [0.3, 0.4) is 0 Å².